The molecule has 2 aliphatic carbocycles. The number of carbonyl (C=O) groups excluding carboxylic acids is 2. The summed E-state index contributed by atoms with van der Waals surface area (Å²) in [6.45, 7) is 7.78. The lowest BCUT2D eigenvalue weighted by Gasteiger charge is -2.34. The number of hydrogen-bond acceptors (Lipinski definition) is 8. The molecule has 2 saturated carbocycles. The number of benzene rings is 2. The van der Waals surface area contributed by atoms with Crippen molar-refractivity contribution >= 4 is 29.3 Å². The number of nitrogens with zero attached hydrogens (tertiary/aromatic N) is 6. The lowest BCUT2D eigenvalue weighted by atomic mass is 9.70. The van der Waals surface area contributed by atoms with Crippen molar-refractivity contribution < 1.29 is 23.1 Å². The molecule has 0 radical (unpaired) electrons. The number of ketones is 1. The van der Waals surface area contributed by atoms with Crippen LogP contribution in [0.2, 0.25) is 5.02 Å². The first-order chi connectivity index (χ1) is 24.2. The molecule has 3 aliphatic rings. The second-order valence-corrected chi connectivity index (χ2v) is 15.8. The summed E-state index contributed by atoms with van der Waals surface area (Å²) in [7, 11) is 0. The van der Waals surface area contributed by atoms with Crippen molar-refractivity contribution in [2.45, 2.75) is 89.3 Å². The number of alkyl halides is 2. The van der Waals surface area contributed by atoms with Crippen LogP contribution >= 0.6 is 11.6 Å². The Morgan fingerprint density at radius 3 is 2.51 bits per heavy atom. The molecule has 51 heavy (non-hydrogen) atoms. The SMILES string of the molecule is CC(C)(C)C[C@]1(c2ccc(-c3ccn(C4CC4)n3)cc2)N=C(N)C([C@H](COC(=O)NC2(C)CC2)c2ccc(Cl)c(-n3ncnc3C(F)F)c2)C1=O. The number of amides is 1. The van der Waals surface area contributed by atoms with E-state index in [9.17, 15) is 13.6 Å². The third-order valence-electron chi connectivity index (χ3n) is 9.90. The van der Waals surface area contributed by atoms with E-state index in [1.807, 2.05) is 68.9 Å². The van der Waals surface area contributed by atoms with Crippen LogP contribution in [0.1, 0.15) is 95.1 Å². The van der Waals surface area contributed by atoms with Gasteiger partial charge in [0.15, 0.2) is 11.6 Å². The molecule has 0 bridgehead atoms. The second kappa shape index (κ2) is 12.8. The van der Waals surface area contributed by atoms with E-state index in [2.05, 4.69) is 15.4 Å². The van der Waals surface area contributed by atoms with Crippen LogP contribution in [0.15, 0.2) is 66.0 Å². The van der Waals surface area contributed by atoms with Gasteiger partial charge in [0.1, 0.15) is 24.3 Å². The average Bonchev–Trinajstić information content (AvgIpc) is 3.89. The Morgan fingerprint density at radius 2 is 1.86 bits per heavy atom. The Labute approximate surface area is 299 Å². The van der Waals surface area contributed by atoms with E-state index in [4.69, 9.17) is 32.2 Å². The number of halogens is 3. The molecule has 1 aliphatic heterocycles. The number of hydrogen-bond donors (Lipinski definition) is 2. The lowest BCUT2D eigenvalue weighted by molar-refractivity contribution is -0.127. The molecule has 3 heterocycles. The van der Waals surface area contributed by atoms with E-state index < -0.39 is 35.7 Å². The number of aliphatic imine (C=N–C) groups is 1. The molecule has 1 amide bonds. The van der Waals surface area contributed by atoms with Crippen molar-refractivity contribution in [2.75, 3.05) is 6.61 Å². The van der Waals surface area contributed by atoms with Crippen LogP contribution in [0.5, 0.6) is 0 Å². The molecule has 2 aromatic carbocycles. The highest BCUT2D eigenvalue weighted by Crippen LogP contribution is 2.48. The highest BCUT2D eigenvalue weighted by molar-refractivity contribution is 6.32. The van der Waals surface area contributed by atoms with E-state index in [0.29, 0.717) is 23.6 Å². The van der Waals surface area contributed by atoms with Crippen molar-refractivity contribution in [3.05, 3.63) is 83.0 Å². The number of rotatable bonds is 11. The zero-order valence-corrected chi connectivity index (χ0v) is 29.7. The largest absolute Gasteiger partial charge is 0.449 e. The van der Waals surface area contributed by atoms with Gasteiger partial charge in [0.2, 0.25) is 0 Å². The van der Waals surface area contributed by atoms with Crippen molar-refractivity contribution in [2.24, 2.45) is 22.1 Å². The molecule has 2 aromatic heterocycles. The summed E-state index contributed by atoms with van der Waals surface area (Å²) in [5.41, 5.74) is 7.75. The smallest absolute Gasteiger partial charge is 0.407 e. The van der Waals surface area contributed by atoms with E-state index in [0.717, 1.165) is 47.9 Å². The van der Waals surface area contributed by atoms with Crippen LogP contribution in [0.4, 0.5) is 13.6 Å². The Morgan fingerprint density at radius 1 is 1.14 bits per heavy atom. The summed E-state index contributed by atoms with van der Waals surface area (Å²) in [6.07, 6.45) is 3.71. The number of amidine groups is 1. The predicted molar refractivity (Wildman–Crippen MR) is 188 cm³/mol. The summed E-state index contributed by atoms with van der Waals surface area (Å²) in [4.78, 5) is 36.7. The highest BCUT2D eigenvalue weighted by atomic mass is 35.5. The van der Waals surface area contributed by atoms with E-state index >= 15 is 4.79 Å². The molecule has 1 unspecified atom stereocenters. The van der Waals surface area contributed by atoms with Crippen LogP contribution in [0.25, 0.3) is 16.9 Å². The molecule has 14 heteroatoms. The van der Waals surface area contributed by atoms with Gasteiger partial charge in [-0.1, -0.05) is 62.7 Å². The Kier molecular flexibility index (Phi) is 8.76. The van der Waals surface area contributed by atoms with Gasteiger partial charge in [-0.3, -0.25) is 14.5 Å². The number of aromatic nitrogens is 5. The minimum atomic E-state index is -2.92. The van der Waals surface area contributed by atoms with Crippen LogP contribution in [0, 0.1) is 11.3 Å². The summed E-state index contributed by atoms with van der Waals surface area (Å²) < 4.78 is 36.4. The average molecular weight is 719 g/mol. The monoisotopic (exact) mass is 718 g/mol. The predicted octanol–water partition coefficient (Wildman–Crippen LogP) is 7.31. The maximum absolute atomic E-state index is 15.1. The van der Waals surface area contributed by atoms with Gasteiger partial charge in [0.05, 0.1) is 28.4 Å². The summed E-state index contributed by atoms with van der Waals surface area (Å²) in [6, 6.07) is 14.9. The number of nitrogens with two attached hydrogens (primary N) is 1. The standard InChI is InChI=1S/C37H41ClF2N8O3/c1-35(2,3)19-37(23-8-5-21(6-9-23)27-13-16-47(46-27)24-10-11-24)30(49)29(32(41)44-37)25(18-51-34(50)45-36(4)14-15-36)22-7-12-26(38)28(17-22)48-33(31(39)40)42-20-43-48/h5-9,12-13,16-17,20,24-25,29,31H,10-11,14-15,18-19H2,1-4H3,(H2,41,44)(H,45,50)/t25-,29?,37-/m1/s1. The van der Waals surface area contributed by atoms with Gasteiger partial charge in [-0.2, -0.15) is 10.2 Å². The number of nitrogens with one attached hydrogen (secondary N) is 1. The van der Waals surface area contributed by atoms with Crippen LogP contribution in [-0.2, 0) is 15.1 Å². The molecule has 7 rings (SSSR count). The molecular formula is C37H41ClF2N8O3. The summed E-state index contributed by atoms with van der Waals surface area (Å²) in [5.74, 6) is -2.63. The van der Waals surface area contributed by atoms with Crippen molar-refractivity contribution in [1.82, 2.24) is 29.9 Å². The molecule has 4 aromatic rings. The number of ether oxygens (including phenoxy) is 1. The molecule has 2 fully saturated rings. The van der Waals surface area contributed by atoms with Gasteiger partial charge in [0.25, 0.3) is 6.43 Å². The molecule has 268 valence electrons. The van der Waals surface area contributed by atoms with Crippen molar-refractivity contribution in [3.63, 3.8) is 0 Å². The maximum Gasteiger partial charge on any atom is 0.407 e. The summed E-state index contributed by atoms with van der Waals surface area (Å²) in [5, 5.41) is 11.7. The fourth-order valence-corrected chi connectivity index (χ4v) is 7.13. The van der Waals surface area contributed by atoms with Gasteiger partial charge in [-0.15, -0.1) is 0 Å². The van der Waals surface area contributed by atoms with Crippen LogP contribution in [-0.4, -0.2) is 54.4 Å². The number of alkyl carbamates (subject to hydrolysis) is 1. The molecule has 3 atom stereocenters. The van der Waals surface area contributed by atoms with E-state index in [1.165, 1.54) is 6.07 Å². The summed E-state index contributed by atoms with van der Waals surface area (Å²) >= 11 is 6.52. The highest BCUT2D eigenvalue weighted by Gasteiger charge is 2.54. The minimum absolute atomic E-state index is 0.0881. The van der Waals surface area contributed by atoms with Gasteiger partial charge in [-0.25, -0.2) is 23.2 Å². The minimum Gasteiger partial charge on any atom is -0.449 e. The normalized spacial score (nSPS) is 21.8. The maximum atomic E-state index is 15.1. The fraction of sp³-hybridized carbons (Fsp3) is 0.459. The van der Waals surface area contributed by atoms with Gasteiger partial charge >= 0.3 is 6.09 Å². The molecular weight excluding hydrogens is 678 g/mol. The quantitative estimate of drug-likeness (QED) is 0.166. The Hall–Kier alpha value is -4.65. The van der Waals surface area contributed by atoms with Gasteiger partial charge in [0, 0.05) is 23.2 Å². The number of Topliss-reactive ketones (excluding diaryl/α,β-unsaturated/α-hetero) is 1. The van der Waals surface area contributed by atoms with Crippen molar-refractivity contribution in [3.8, 4) is 16.9 Å². The molecule has 3 N–H and O–H groups in total. The van der Waals surface area contributed by atoms with Crippen molar-refractivity contribution in [1.29, 1.82) is 0 Å². The van der Waals surface area contributed by atoms with Gasteiger partial charge < -0.3 is 15.8 Å². The first-order valence-corrected chi connectivity index (χ1v) is 17.5. The number of carbonyl (C=O) groups is 2. The lowest BCUT2D eigenvalue weighted by Crippen LogP contribution is -2.42. The second-order valence-electron chi connectivity index (χ2n) is 15.4. The molecule has 11 nitrogen and oxygen atoms in total. The molecule has 0 spiro atoms. The Balaban J connectivity index is 1.26. The third kappa shape index (κ3) is 7.00. The van der Waals surface area contributed by atoms with Crippen LogP contribution in [0.3, 0.4) is 0 Å². The van der Waals surface area contributed by atoms with Gasteiger partial charge in [-0.05, 0) is 73.8 Å². The molecule has 0 saturated heterocycles. The van der Waals surface area contributed by atoms with Crippen LogP contribution < -0.4 is 11.1 Å². The fourth-order valence-electron chi connectivity index (χ4n) is 6.93. The first-order valence-electron chi connectivity index (χ1n) is 17.1. The Bertz CT molecular complexity index is 1990. The zero-order valence-electron chi connectivity index (χ0n) is 28.9. The van der Waals surface area contributed by atoms with E-state index in [1.54, 1.807) is 12.1 Å². The first kappa shape index (κ1) is 34.8. The zero-order chi connectivity index (χ0) is 36.3. The van der Waals surface area contributed by atoms with E-state index in [-0.39, 0.29) is 39.9 Å². The third-order valence-corrected chi connectivity index (χ3v) is 10.2. The topological polar surface area (TPSA) is 142 Å².